The Morgan fingerprint density at radius 1 is 1.41 bits per heavy atom. The summed E-state index contributed by atoms with van der Waals surface area (Å²) >= 11 is 0. The molecule has 1 heterocycles. The van der Waals surface area contributed by atoms with Gasteiger partial charge in [0, 0.05) is 13.2 Å². The summed E-state index contributed by atoms with van der Waals surface area (Å²) in [6, 6.07) is 7.83. The van der Waals surface area contributed by atoms with Crippen LogP contribution in [0, 0.1) is 24.2 Å². The van der Waals surface area contributed by atoms with Gasteiger partial charge in [-0.15, -0.1) is 0 Å². The molecule has 1 aliphatic heterocycles. The van der Waals surface area contributed by atoms with Gasteiger partial charge in [0.25, 0.3) is 0 Å². The summed E-state index contributed by atoms with van der Waals surface area (Å²) in [6.45, 7) is 4.31. The highest BCUT2D eigenvalue weighted by Crippen LogP contribution is 2.24. The van der Waals surface area contributed by atoms with E-state index in [9.17, 15) is 0 Å². The Morgan fingerprint density at radius 3 is 2.88 bits per heavy atom. The maximum absolute atomic E-state index is 9.03. The first kappa shape index (κ1) is 11.9. The van der Waals surface area contributed by atoms with Gasteiger partial charge in [-0.1, -0.05) is 12.1 Å². The molecule has 1 aromatic carbocycles. The average molecular weight is 231 g/mol. The summed E-state index contributed by atoms with van der Waals surface area (Å²) in [5.74, 6) is 1.29. The van der Waals surface area contributed by atoms with Crippen LogP contribution >= 0.6 is 0 Å². The van der Waals surface area contributed by atoms with Crippen LogP contribution in [-0.2, 0) is 4.74 Å². The van der Waals surface area contributed by atoms with Crippen molar-refractivity contribution in [2.24, 2.45) is 5.92 Å². The Bertz CT molecular complexity index is 417. The lowest BCUT2D eigenvalue weighted by atomic mass is 10.0. The van der Waals surface area contributed by atoms with Crippen LogP contribution in [0.4, 0.5) is 0 Å². The molecule has 1 saturated heterocycles. The van der Waals surface area contributed by atoms with E-state index < -0.39 is 0 Å². The second-order valence-corrected chi connectivity index (χ2v) is 4.43. The number of para-hydroxylation sites is 1. The molecule has 17 heavy (non-hydrogen) atoms. The Morgan fingerprint density at radius 2 is 2.18 bits per heavy atom. The monoisotopic (exact) mass is 231 g/mol. The second-order valence-electron chi connectivity index (χ2n) is 4.43. The topological polar surface area (TPSA) is 42.2 Å². The van der Waals surface area contributed by atoms with Crippen LogP contribution in [0.15, 0.2) is 18.2 Å². The van der Waals surface area contributed by atoms with Crippen LogP contribution in [0.3, 0.4) is 0 Å². The zero-order valence-electron chi connectivity index (χ0n) is 10.1. The van der Waals surface area contributed by atoms with E-state index in [-0.39, 0.29) is 0 Å². The lowest BCUT2D eigenvalue weighted by molar-refractivity contribution is 0.0496. The van der Waals surface area contributed by atoms with E-state index in [1.54, 1.807) is 6.07 Å². The molecule has 0 amide bonds. The zero-order chi connectivity index (χ0) is 12.1. The maximum atomic E-state index is 9.03. The summed E-state index contributed by atoms with van der Waals surface area (Å²) in [7, 11) is 0. The summed E-state index contributed by atoms with van der Waals surface area (Å²) < 4.78 is 11.1. The molecular formula is C14H17NO2. The van der Waals surface area contributed by atoms with E-state index in [1.165, 1.54) is 0 Å². The number of ether oxygens (including phenoxy) is 2. The van der Waals surface area contributed by atoms with Crippen LogP contribution in [0.5, 0.6) is 5.75 Å². The molecule has 1 fully saturated rings. The standard InChI is InChI=1S/C14H17NO2/c1-11-3-2-4-13(9-15)14(11)17-10-12-5-7-16-8-6-12/h2-4,12H,5-8,10H2,1H3. The summed E-state index contributed by atoms with van der Waals surface area (Å²) in [4.78, 5) is 0. The molecule has 0 unspecified atom stereocenters. The molecule has 0 radical (unpaired) electrons. The van der Waals surface area contributed by atoms with Gasteiger partial charge < -0.3 is 9.47 Å². The van der Waals surface area contributed by atoms with Crippen molar-refractivity contribution in [3.05, 3.63) is 29.3 Å². The second kappa shape index (κ2) is 5.70. The average Bonchev–Trinajstić information content (AvgIpc) is 2.38. The smallest absolute Gasteiger partial charge is 0.139 e. The number of benzene rings is 1. The Kier molecular flexibility index (Phi) is 4.00. The van der Waals surface area contributed by atoms with Crippen molar-refractivity contribution in [3.63, 3.8) is 0 Å². The van der Waals surface area contributed by atoms with Crippen molar-refractivity contribution in [1.82, 2.24) is 0 Å². The quantitative estimate of drug-likeness (QED) is 0.803. The minimum atomic E-state index is 0.551. The Hall–Kier alpha value is -1.53. The van der Waals surface area contributed by atoms with E-state index >= 15 is 0 Å². The van der Waals surface area contributed by atoms with Gasteiger partial charge in [-0.3, -0.25) is 0 Å². The predicted molar refractivity (Wildman–Crippen MR) is 64.9 cm³/mol. The first-order chi connectivity index (χ1) is 8.31. The fourth-order valence-electron chi connectivity index (χ4n) is 2.05. The molecule has 0 spiro atoms. The minimum Gasteiger partial charge on any atom is -0.492 e. The van der Waals surface area contributed by atoms with Gasteiger partial charge in [-0.05, 0) is 37.3 Å². The number of nitrogens with zero attached hydrogens (tertiary/aromatic N) is 1. The van der Waals surface area contributed by atoms with Gasteiger partial charge in [0.15, 0.2) is 0 Å². The van der Waals surface area contributed by atoms with Crippen molar-refractivity contribution >= 4 is 0 Å². The van der Waals surface area contributed by atoms with Crippen molar-refractivity contribution in [2.45, 2.75) is 19.8 Å². The molecule has 0 aromatic heterocycles. The molecule has 0 atom stereocenters. The third-order valence-electron chi connectivity index (χ3n) is 3.14. The van der Waals surface area contributed by atoms with E-state index in [0.29, 0.717) is 18.1 Å². The van der Waals surface area contributed by atoms with E-state index in [1.807, 2.05) is 19.1 Å². The van der Waals surface area contributed by atoms with Gasteiger partial charge in [0.1, 0.15) is 11.8 Å². The number of nitriles is 1. The van der Waals surface area contributed by atoms with E-state index in [4.69, 9.17) is 14.7 Å². The highest BCUT2D eigenvalue weighted by molar-refractivity contribution is 5.47. The Balaban J connectivity index is 2.00. The molecule has 3 heteroatoms. The molecule has 0 saturated carbocycles. The van der Waals surface area contributed by atoms with Crippen molar-refractivity contribution < 1.29 is 9.47 Å². The van der Waals surface area contributed by atoms with Crippen LogP contribution < -0.4 is 4.74 Å². The molecule has 2 rings (SSSR count). The van der Waals surface area contributed by atoms with Gasteiger partial charge in [-0.25, -0.2) is 0 Å². The fraction of sp³-hybridized carbons (Fsp3) is 0.500. The van der Waals surface area contributed by atoms with Crippen molar-refractivity contribution in [3.8, 4) is 11.8 Å². The van der Waals surface area contributed by atoms with Gasteiger partial charge in [0.2, 0.25) is 0 Å². The summed E-state index contributed by atoms with van der Waals surface area (Å²) in [6.07, 6.45) is 2.10. The number of aryl methyl sites for hydroxylation is 1. The minimum absolute atomic E-state index is 0.551. The van der Waals surface area contributed by atoms with Crippen LogP contribution in [0.1, 0.15) is 24.0 Å². The first-order valence-electron chi connectivity index (χ1n) is 6.01. The highest BCUT2D eigenvalue weighted by atomic mass is 16.5. The summed E-state index contributed by atoms with van der Waals surface area (Å²) in [5, 5.41) is 9.03. The SMILES string of the molecule is Cc1cccc(C#N)c1OCC1CCOCC1. The van der Waals surface area contributed by atoms with Gasteiger partial charge in [-0.2, -0.15) is 5.26 Å². The molecule has 90 valence electrons. The molecule has 0 bridgehead atoms. The van der Waals surface area contributed by atoms with Gasteiger partial charge in [0.05, 0.1) is 12.2 Å². The molecular weight excluding hydrogens is 214 g/mol. The van der Waals surface area contributed by atoms with Crippen molar-refractivity contribution in [1.29, 1.82) is 5.26 Å². The number of rotatable bonds is 3. The zero-order valence-corrected chi connectivity index (χ0v) is 10.1. The molecule has 0 N–H and O–H groups in total. The van der Waals surface area contributed by atoms with Gasteiger partial charge >= 0.3 is 0 Å². The lowest BCUT2D eigenvalue weighted by Gasteiger charge is -2.22. The highest BCUT2D eigenvalue weighted by Gasteiger charge is 2.15. The third-order valence-corrected chi connectivity index (χ3v) is 3.14. The fourth-order valence-corrected chi connectivity index (χ4v) is 2.05. The normalized spacial score (nSPS) is 16.5. The molecule has 1 aromatic rings. The van der Waals surface area contributed by atoms with Crippen molar-refractivity contribution in [2.75, 3.05) is 19.8 Å². The van der Waals surface area contributed by atoms with Crippen LogP contribution in [0.2, 0.25) is 0 Å². The first-order valence-corrected chi connectivity index (χ1v) is 6.01. The van der Waals surface area contributed by atoms with Crippen LogP contribution in [-0.4, -0.2) is 19.8 Å². The predicted octanol–water partition coefficient (Wildman–Crippen LogP) is 2.67. The third kappa shape index (κ3) is 2.98. The van der Waals surface area contributed by atoms with E-state index in [2.05, 4.69) is 6.07 Å². The molecule has 1 aliphatic rings. The lowest BCUT2D eigenvalue weighted by Crippen LogP contribution is -2.21. The number of hydrogen-bond acceptors (Lipinski definition) is 3. The number of hydrogen-bond donors (Lipinski definition) is 0. The molecule has 3 nitrogen and oxygen atoms in total. The largest absolute Gasteiger partial charge is 0.492 e. The maximum Gasteiger partial charge on any atom is 0.139 e. The Labute approximate surface area is 102 Å². The van der Waals surface area contributed by atoms with Crippen LogP contribution in [0.25, 0.3) is 0 Å². The van der Waals surface area contributed by atoms with E-state index in [0.717, 1.165) is 37.4 Å². The molecule has 0 aliphatic carbocycles. The summed E-state index contributed by atoms with van der Waals surface area (Å²) in [5.41, 5.74) is 1.65.